The lowest BCUT2D eigenvalue weighted by Gasteiger charge is -2.31. The Morgan fingerprint density at radius 1 is 1.08 bits per heavy atom. The highest BCUT2D eigenvalue weighted by atomic mass is 35.5. The number of piperidine rings is 1. The fourth-order valence-corrected chi connectivity index (χ4v) is 5.68. The molecular formula is C18H23Cl2N3O2S. The number of aromatic nitrogens is 2. The fourth-order valence-electron chi connectivity index (χ4n) is 3.40. The highest BCUT2D eigenvalue weighted by Crippen LogP contribution is 2.32. The van der Waals surface area contributed by atoms with Gasteiger partial charge in [-0.3, -0.25) is 4.68 Å². The van der Waals surface area contributed by atoms with Crippen LogP contribution in [0.25, 0.3) is 0 Å². The molecule has 0 radical (unpaired) electrons. The molecular weight excluding hydrogens is 393 g/mol. The van der Waals surface area contributed by atoms with Crippen molar-refractivity contribution in [2.45, 2.75) is 45.1 Å². The maximum absolute atomic E-state index is 13.0. The van der Waals surface area contributed by atoms with Crippen molar-refractivity contribution in [3.8, 4) is 0 Å². The van der Waals surface area contributed by atoms with E-state index in [0.29, 0.717) is 29.6 Å². The average Bonchev–Trinajstić information content (AvgIpc) is 2.88. The van der Waals surface area contributed by atoms with Gasteiger partial charge in [0.1, 0.15) is 4.90 Å². The molecule has 1 aromatic heterocycles. The average molecular weight is 416 g/mol. The zero-order chi connectivity index (χ0) is 19.1. The Bertz CT molecular complexity index is 917. The van der Waals surface area contributed by atoms with Crippen LogP contribution in [-0.4, -0.2) is 35.6 Å². The van der Waals surface area contributed by atoms with Crippen LogP contribution in [0.5, 0.6) is 0 Å². The Balaban J connectivity index is 1.71. The molecule has 26 heavy (non-hydrogen) atoms. The number of rotatable bonds is 4. The van der Waals surface area contributed by atoms with Crippen LogP contribution in [0.3, 0.4) is 0 Å². The molecule has 0 atom stereocenters. The summed E-state index contributed by atoms with van der Waals surface area (Å²) in [5.41, 5.74) is 2.85. The van der Waals surface area contributed by atoms with E-state index in [0.717, 1.165) is 30.8 Å². The number of benzene rings is 1. The number of sulfonamides is 1. The number of halogens is 2. The lowest BCUT2D eigenvalue weighted by molar-refractivity contribution is 0.246. The van der Waals surface area contributed by atoms with Crippen LogP contribution in [0.4, 0.5) is 0 Å². The second-order valence-electron chi connectivity index (χ2n) is 6.99. The monoisotopic (exact) mass is 415 g/mol. The molecule has 3 rings (SSSR count). The van der Waals surface area contributed by atoms with E-state index in [1.165, 1.54) is 10.4 Å². The lowest BCUT2D eigenvalue weighted by atomic mass is 9.98. The van der Waals surface area contributed by atoms with Crippen molar-refractivity contribution >= 4 is 33.2 Å². The second kappa shape index (κ2) is 7.50. The van der Waals surface area contributed by atoms with Crippen LogP contribution in [0, 0.1) is 26.7 Å². The van der Waals surface area contributed by atoms with E-state index in [4.69, 9.17) is 23.2 Å². The Kier molecular flexibility index (Phi) is 5.68. The number of hydrogen-bond acceptors (Lipinski definition) is 3. The molecule has 0 amide bonds. The largest absolute Gasteiger partial charge is 0.269 e. The standard InChI is InChI=1S/C18H23Cl2N3O2S/c1-12-8-18(17(20)10-16(12)19)26(24,25)22-6-4-15(5-7-22)11-23-14(3)9-13(2)21-23/h8-10,15H,4-7,11H2,1-3H3. The van der Waals surface area contributed by atoms with Crippen LogP contribution < -0.4 is 0 Å². The van der Waals surface area contributed by atoms with E-state index in [9.17, 15) is 8.42 Å². The van der Waals surface area contributed by atoms with E-state index >= 15 is 0 Å². The fraction of sp³-hybridized carbons (Fsp3) is 0.500. The Morgan fingerprint density at radius 3 is 2.31 bits per heavy atom. The summed E-state index contributed by atoms with van der Waals surface area (Å²) >= 11 is 12.2. The molecule has 0 bridgehead atoms. The summed E-state index contributed by atoms with van der Waals surface area (Å²) in [6.45, 7) is 7.61. The van der Waals surface area contributed by atoms with Gasteiger partial charge in [-0.15, -0.1) is 0 Å². The molecule has 5 nitrogen and oxygen atoms in total. The Labute approximate surface area is 165 Å². The third-order valence-electron chi connectivity index (χ3n) is 4.94. The predicted octanol–water partition coefficient (Wildman–Crippen LogP) is 4.22. The van der Waals surface area contributed by atoms with Crippen molar-refractivity contribution in [3.63, 3.8) is 0 Å². The smallest absolute Gasteiger partial charge is 0.244 e. The first-order chi connectivity index (χ1) is 12.2. The van der Waals surface area contributed by atoms with Crippen molar-refractivity contribution in [1.29, 1.82) is 0 Å². The Hall–Kier alpha value is -1.08. The van der Waals surface area contributed by atoms with Gasteiger partial charge in [-0.2, -0.15) is 9.40 Å². The van der Waals surface area contributed by atoms with E-state index in [1.54, 1.807) is 13.0 Å². The third kappa shape index (κ3) is 3.93. The maximum atomic E-state index is 13.0. The van der Waals surface area contributed by atoms with Crippen LogP contribution >= 0.6 is 23.2 Å². The summed E-state index contributed by atoms with van der Waals surface area (Å²) < 4.78 is 29.5. The summed E-state index contributed by atoms with van der Waals surface area (Å²) in [7, 11) is -3.61. The first-order valence-electron chi connectivity index (χ1n) is 8.65. The van der Waals surface area contributed by atoms with Gasteiger partial charge in [-0.25, -0.2) is 8.42 Å². The second-order valence-corrected chi connectivity index (χ2v) is 9.71. The van der Waals surface area contributed by atoms with Crippen LogP contribution in [0.1, 0.15) is 29.8 Å². The quantitative estimate of drug-likeness (QED) is 0.750. The molecule has 142 valence electrons. The van der Waals surface area contributed by atoms with Crippen molar-refractivity contribution in [2.75, 3.05) is 13.1 Å². The van der Waals surface area contributed by atoms with Crippen LogP contribution in [0.15, 0.2) is 23.1 Å². The molecule has 0 saturated carbocycles. The van der Waals surface area contributed by atoms with Gasteiger partial charge >= 0.3 is 0 Å². The molecule has 2 heterocycles. The molecule has 1 aliphatic heterocycles. The van der Waals surface area contributed by atoms with Gasteiger partial charge in [-0.1, -0.05) is 23.2 Å². The first-order valence-corrected chi connectivity index (χ1v) is 10.8. The maximum Gasteiger partial charge on any atom is 0.244 e. The third-order valence-corrected chi connectivity index (χ3v) is 7.71. The number of nitrogens with zero attached hydrogens (tertiary/aromatic N) is 3. The molecule has 0 N–H and O–H groups in total. The molecule has 1 fully saturated rings. The zero-order valence-electron chi connectivity index (χ0n) is 15.2. The Morgan fingerprint density at radius 2 is 1.73 bits per heavy atom. The van der Waals surface area contributed by atoms with Gasteiger partial charge in [0.2, 0.25) is 10.0 Å². The highest BCUT2D eigenvalue weighted by molar-refractivity contribution is 7.89. The summed E-state index contributed by atoms with van der Waals surface area (Å²) in [5.74, 6) is 0.418. The van der Waals surface area contributed by atoms with E-state index in [1.807, 2.05) is 18.5 Å². The SMILES string of the molecule is Cc1cc(C)n(CC2CCN(S(=O)(=O)c3cc(C)c(Cl)cc3Cl)CC2)n1. The molecule has 1 aromatic carbocycles. The molecule has 1 saturated heterocycles. The molecule has 0 unspecified atom stereocenters. The van der Waals surface area contributed by atoms with Gasteiger partial charge in [0, 0.05) is 30.4 Å². The summed E-state index contributed by atoms with van der Waals surface area (Å²) in [4.78, 5) is 0.137. The number of aryl methyl sites for hydroxylation is 3. The van der Waals surface area contributed by atoms with Gasteiger partial charge in [0.25, 0.3) is 0 Å². The van der Waals surface area contributed by atoms with Gasteiger partial charge in [0.15, 0.2) is 0 Å². The molecule has 2 aromatic rings. The minimum atomic E-state index is -3.61. The van der Waals surface area contributed by atoms with Crippen LogP contribution in [0.2, 0.25) is 10.0 Å². The lowest BCUT2D eigenvalue weighted by Crippen LogP contribution is -2.39. The van der Waals surface area contributed by atoms with E-state index in [2.05, 4.69) is 11.2 Å². The summed E-state index contributed by atoms with van der Waals surface area (Å²) in [6.07, 6.45) is 1.61. The summed E-state index contributed by atoms with van der Waals surface area (Å²) in [5, 5.41) is 5.15. The van der Waals surface area contributed by atoms with Crippen molar-refractivity contribution in [2.24, 2.45) is 5.92 Å². The van der Waals surface area contributed by atoms with Gasteiger partial charge in [-0.05, 0) is 63.3 Å². The zero-order valence-corrected chi connectivity index (χ0v) is 17.5. The normalized spacial score (nSPS) is 17.0. The minimum absolute atomic E-state index is 0.137. The van der Waals surface area contributed by atoms with Crippen LogP contribution in [-0.2, 0) is 16.6 Å². The van der Waals surface area contributed by atoms with E-state index in [-0.39, 0.29) is 9.92 Å². The first kappa shape index (κ1) is 19.7. The van der Waals surface area contributed by atoms with Gasteiger partial charge < -0.3 is 0 Å². The molecule has 1 aliphatic rings. The predicted molar refractivity (Wildman–Crippen MR) is 104 cm³/mol. The van der Waals surface area contributed by atoms with Crippen molar-refractivity contribution in [3.05, 3.63) is 45.2 Å². The van der Waals surface area contributed by atoms with Gasteiger partial charge in [0.05, 0.1) is 10.7 Å². The number of hydrogen-bond donors (Lipinski definition) is 0. The topological polar surface area (TPSA) is 55.2 Å². The van der Waals surface area contributed by atoms with Crippen molar-refractivity contribution in [1.82, 2.24) is 14.1 Å². The molecule has 8 heteroatoms. The highest BCUT2D eigenvalue weighted by Gasteiger charge is 2.31. The summed E-state index contributed by atoms with van der Waals surface area (Å²) in [6, 6.07) is 5.12. The van der Waals surface area contributed by atoms with Crippen molar-refractivity contribution < 1.29 is 8.42 Å². The minimum Gasteiger partial charge on any atom is -0.269 e. The van der Waals surface area contributed by atoms with E-state index < -0.39 is 10.0 Å². The molecule has 0 spiro atoms. The molecule has 0 aliphatic carbocycles.